The standard InChI is InChI=1S/C22H27N3O4/c1-16(23-18-5-8-20-21(15-18)29-12-2-11-28-20)22(26)24-17-3-6-19(7-4-17)25-9-13-27-14-10-25/h3-8,15-16,23H,2,9-14H2,1H3,(H,24,26). The smallest absolute Gasteiger partial charge is 0.246 e. The zero-order valence-corrected chi connectivity index (χ0v) is 16.6. The normalized spacial score (nSPS) is 17.2. The van der Waals surface area contributed by atoms with Crippen molar-refractivity contribution in [1.29, 1.82) is 0 Å². The summed E-state index contributed by atoms with van der Waals surface area (Å²) in [4.78, 5) is 14.9. The van der Waals surface area contributed by atoms with Crippen molar-refractivity contribution in [2.45, 2.75) is 19.4 Å². The molecule has 4 rings (SSSR count). The predicted octanol–water partition coefficient (Wildman–Crippen LogP) is 3.12. The zero-order valence-electron chi connectivity index (χ0n) is 16.6. The van der Waals surface area contributed by atoms with Crippen LogP contribution in [0.3, 0.4) is 0 Å². The van der Waals surface area contributed by atoms with E-state index < -0.39 is 6.04 Å². The Morgan fingerprint density at radius 3 is 2.38 bits per heavy atom. The second-order valence-corrected chi connectivity index (χ2v) is 7.21. The number of carbonyl (C=O) groups excluding carboxylic acids is 1. The van der Waals surface area contributed by atoms with Crippen molar-refractivity contribution in [1.82, 2.24) is 0 Å². The molecular weight excluding hydrogens is 370 g/mol. The predicted molar refractivity (Wildman–Crippen MR) is 113 cm³/mol. The molecule has 1 amide bonds. The first-order valence-electron chi connectivity index (χ1n) is 10.1. The van der Waals surface area contributed by atoms with Gasteiger partial charge in [-0.15, -0.1) is 0 Å². The Balaban J connectivity index is 1.34. The highest BCUT2D eigenvalue weighted by Crippen LogP contribution is 2.32. The minimum Gasteiger partial charge on any atom is -0.490 e. The summed E-state index contributed by atoms with van der Waals surface area (Å²) in [5.41, 5.74) is 2.74. The van der Waals surface area contributed by atoms with E-state index in [1.807, 2.05) is 49.4 Å². The number of ether oxygens (including phenoxy) is 3. The van der Waals surface area contributed by atoms with Gasteiger partial charge in [0.25, 0.3) is 0 Å². The van der Waals surface area contributed by atoms with Crippen molar-refractivity contribution in [3.8, 4) is 11.5 Å². The van der Waals surface area contributed by atoms with Gasteiger partial charge >= 0.3 is 0 Å². The quantitative estimate of drug-likeness (QED) is 0.808. The van der Waals surface area contributed by atoms with Gasteiger partial charge in [-0.25, -0.2) is 0 Å². The molecule has 2 aliphatic rings. The number of hydrogen-bond acceptors (Lipinski definition) is 6. The maximum atomic E-state index is 12.6. The highest BCUT2D eigenvalue weighted by molar-refractivity contribution is 5.96. The minimum absolute atomic E-state index is 0.101. The van der Waals surface area contributed by atoms with Gasteiger partial charge in [-0.1, -0.05) is 0 Å². The lowest BCUT2D eigenvalue weighted by molar-refractivity contribution is -0.116. The molecule has 1 unspecified atom stereocenters. The highest BCUT2D eigenvalue weighted by atomic mass is 16.5. The van der Waals surface area contributed by atoms with Crippen molar-refractivity contribution in [3.05, 3.63) is 42.5 Å². The highest BCUT2D eigenvalue weighted by Gasteiger charge is 2.16. The van der Waals surface area contributed by atoms with E-state index in [4.69, 9.17) is 14.2 Å². The van der Waals surface area contributed by atoms with Crippen molar-refractivity contribution >= 4 is 23.0 Å². The number of anilines is 3. The van der Waals surface area contributed by atoms with Crippen LogP contribution in [-0.4, -0.2) is 51.5 Å². The van der Waals surface area contributed by atoms with Crippen LogP contribution in [0, 0.1) is 0 Å². The molecular formula is C22H27N3O4. The number of fused-ring (bicyclic) bond motifs is 1. The fourth-order valence-corrected chi connectivity index (χ4v) is 3.40. The fraction of sp³-hybridized carbons (Fsp3) is 0.409. The van der Waals surface area contributed by atoms with E-state index >= 15 is 0 Å². The third-order valence-electron chi connectivity index (χ3n) is 5.04. The Hall–Kier alpha value is -2.93. The summed E-state index contributed by atoms with van der Waals surface area (Å²) >= 11 is 0. The number of nitrogens with one attached hydrogen (secondary N) is 2. The van der Waals surface area contributed by atoms with Crippen LogP contribution in [0.4, 0.5) is 17.1 Å². The van der Waals surface area contributed by atoms with Crippen molar-refractivity contribution in [3.63, 3.8) is 0 Å². The Kier molecular flexibility index (Phi) is 6.05. The third-order valence-corrected chi connectivity index (χ3v) is 5.04. The van der Waals surface area contributed by atoms with E-state index in [0.29, 0.717) is 19.0 Å². The number of benzene rings is 2. The monoisotopic (exact) mass is 397 g/mol. The molecule has 2 N–H and O–H groups in total. The third kappa shape index (κ3) is 4.92. The molecule has 0 bridgehead atoms. The molecule has 1 atom stereocenters. The number of nitrogens with zero attached hydrogens (tertiary/aromatic N) is 1. The number of rotatable bonds is 5. The molecule has 0 saturated carbocycles. The first-order valence-corrected chi connectivity index (χ1v) is 10.1. The lowest BCUT2D eigenvalue weighted by atomic mass is 10.2. The molecule has 29 heavy (non-hydrogen) atoms. The van der Waals surface area contributed by atoms with Crippen LogP contribution in [0.2, 0.25) is 0 Å². The molecule has 0 aliphatic carbocycles. The van der Waals surface area contributed by atoms with Gasteiger partial charge in [-0.3, -0.25) is 4.79 Å². The molecule has 0 aromatic heterocycles. The van der Waals surface area contributed by atoms with Gasteiger partial charge < -0.3 is 29.7 Å². The fourth-order valence-electron chi connectivity index (χ4n) is 3.40. The van der Waals surface area contributed by atoms with Gasteiger partial charge in [0.2, 0.25) is 5.91 Å². The summed E-state index contributed by atoms with van der Waals surface area (Å²) in [5, 5.41) is 6.19. The minimum atomic E-state index is -0.404. The Bertz CT molecular complexity index is 834. The average molecular weight is 397 g/mol. The number of amides is 1. The summed E-state index contributed by atoms with van der Waals surface area (Å²) in [6.07, 6.45) is 0.862. The van der Waals surface area contributed by atoms with E-state index in [2.05, 4.69) is 15.5 Å². The van der Waals surface area contributed by atoms with Crippen molar-refractivity contribution < 1.29 is 19.0 Å². The molecule has 1 saturated heterocycles. The Morgan fingerprint density at radius 1 is 0.931 bits per heavy atom. The summed E-state index contributed by atoms with van der Waals surface area (Å²) in [7, 11) is 0. The van der Waals surface area contributed by atoms with Crippen LogP contribution in [0.5, 0.6) is 11.5 Å². The molecule has 1 fully saturated rings. The maximum Gasteiger partial charge on any atom is 0.246 e. The van der Waals surface area contributed by atoms with Crippen molar-refractivity contribution in [2.24, 2.45) is 0 Å². The van der Waals surface area contributed by atoms with E-state index in [1.165, 1.54) is 0 Å². The van der Waals surface area contributed by atoms with Crippen LogP contribution in [-0.2, 0) is 9.53 Å². The van der Waals surface area contributed by atoms with E-state index in [0.717, 1.165) is 55.5 Å². The van der Waals surface area contributed by atoms with Gasteiger partial charge in [-0.2, -0.15) is 0 Å². The average Bonchev–Trinajstić information content (AvgIpc) is 3.00. The number of morpholine rings is 1. The van der Waals surface area contributed by atoms with Crippen LogP contribution >= 0.6 is 0 Å². The molecule has 0 spiro atoms. The molecule has 2 aliphatic heterocycles. The summed E-state index contributed by atoms with van der Waals surface area (Å²) in [6, 6.07) is 13.2. The van der Waals surface area contributed by atoms with Crippen LogP contribution in [0.15, 0.2) is 42.5 Å². The number of carbonyl (C=O) groups is 1. The van der Waals surface area contributed by atoms with Crippen LogP contribution < -0.4 is 25.0 Å². The number of hydrogen-bond donors (Lipinski definition) is 2. The molecule has 2 aromatic carbocycles. The lowest BCUT2D eigenvalue weighted by Gasteiger charge is -2.29. The van der Waals surface area contributed by atoms with Crippen molar-refractivity contribution in [2.75, 3.05) is 55.1 Å². The van der Waals surface area contributed by atoms with Crippen LogP contribution in [0.25, 0.3) is 0 Å². The Morgan fingerprint density at radius 2 is 1.62 bits per heavy atom. The second kappa shape index (κ2) is 9.05. The van der Waals surface area contributed by atoms with Gasteiger partial charge in [-0.05, 0) is 43.3 Å². The zero-order chi connectivity index (χ0) is 20.1. The largest absolute Gasteiger partial charge is 0.490 e. The summed E-state index contributed by atoms with van der Waals surface area (Å²) in [5.74, 6) is 1.35. The van der Waals surface area contributed by atoms with E-state index in [-0.39, 0.29) is 5.91 Å². The van der Waals surface area contributed by atoms with Crippen LogP contribution in [0.1, 0.15) is 13.3 Å². The molecule has 7 nitrogen and oxygen atoms in total. The van der Waals surface area contributed by atoms with E-state index in [9.17, 15) is 4.79 Å². The Labute approximate surface area is 170 Å². The van der Waals surface area contributed by atoms with Gasteiger partial charge in [0.05, 0.1) is 26.4 Å². The lowest BCUT2D eigenvalue weighted by Crippen LogP contribution is -2.36. The maximum absolute atomic E-state index is 12.6. The first kappa shape index (κ1) is 19.4. The van der Waals surface area contributed by atoms with Gasteiger partial charge in [0.15, 0.2) is 11.5 Å². The molecule has 0 radical (unpaired) electrons. The SMILES string of the molecule is CC(Nc1ccc2c(c1)OCCCO2)C(=O)Nc1ccc(N2CCOCC2)cc1. The summed E-state index contributed by atoms with van der Waals surface area (Å²) < 4.78 is 16.7. The molecule has 154 valence electrons. The van der Waals surface area contributed by atoms with Gasteiger partial charge in [0, 0.05) is 42.6 Å². The van der Waals surface area contributed by atoms with E-state index in [1.54, 1.807) is 0 Å². The molecule has 2 heterocycles. The van der Waals surface area contributed by atoms with Gasteiger partial charge in [0.1, 0.15) is 6.04 Å². The second-order valence-electron chi connectivity index (χ2n) is 7.21. The molecule has 2 aromatic rings. The molecule has 7 heteroatoms. The topological polar surface area (TPSA) is 72.1 Å². The first-order chi connectivity index (χ1) is 14.2. The summed E-state index contributed by atoms with van der Waals surface area (Å²) in [6.45, 7) is 6.41.